The second-order valence-corrected chi connectivity index (χ2v) is 6.81. The van der Waals surface area contributed by atoms with E-state index in [1.54, 1.807) is 12.1 Å². The number of nitrogens with zero attached hydrogens (tertiary/aromatic N) is 1. The monoisotopic (exact) mass is 341 g/mol. The Morgan fingerprint density at radius 1 is 1.09 bits per heavy atom. The van der Waals surface area contributed by atoms with Crippen molar-refractivity contribution in [3.8, 4) is 0 Å². The van der Waals surface area contributed by atoms with Gasteiger partial charge < -0.3 is 10.0 Å². The molecule has 3 unspecified atom stereocenters. The molecule has 1 saturated heterocycles. The maximum atomic E-state index is 12.7. The van der Waals surface area contributed by atoms with Crippen LogP contribution in [-0.2, 0) is 9.59 Å². The Labute approximate surface area is 139 Å². The molecule has 1 aliphatic carbocycles. The molecule has 3 rings (SSSR count). The molecule has 118 valence electrons. The first-order valence-corrected chi connectivity index (χ1v) is 8.23. The quantitative estimate of drug-likeness (QED) is 0.910. The summed E-state index contributed by atoms with van der Waals surface area (Å²) in [6.45, 7) is 0.673. The minimum atomic E-state index is -0.866. The lowest BCUT2D eigenvalue weighted by Gasteiger charge is -2.37. The number of carboxylic acid groups (broad SMARTS) is 1. The molecule has 1 amide bonds. The van der Waals surface area contributed by atoms with Gasteiger partial charge in [0, 0.05) is 6.54 Å². The van der Waals surface area contributed by atoms with Gasteiger partial charge >= 0.3 is 5.97 Å². The number of halogens is 2. The zero-order valence-corrected chi connectivity index (χ0v) is 13.5. The lowest BCUT2D eigenvalue weighted by Crippen LogP contribution is -2.45. The number of carbonyl (C=O) groups is 2. The summed E-state index contributed by atoms with van der Waals surface area (Å²) in [4.78, 5) is 25.6. The highest BCUT2D eigenvalue weighted by molar-refractivity contribution is 6.42. The van der Waals surface area contributed by atoms with E-state index in [0.717, 1.165) is 18.4 Å². The predicted molar refractivity (Wildman–Crippen MR) is 84.0 cm³/mol. The van der Waals surface area contributed by atoms with E-state index < -0.39 is 11.9 Å². The highest BCUT2D eigenvalue weighted by Gasteiger charge is 2.45. The molecular weight excluding hydrogens is 325 g/mol. The molecule has 22 heavy (non-hydrogen) atoms. The van der Waals surface area contributed by atoms with E-state index in [4.69, 9.17) is 28.3 Å². The number of likely N-dealkylation sites (tertiary alicyclic amines) is 1. The fraction of sp³-hybridized carbons (Fsp3) is 0.500. The Kier molecular flexibility index (Phi) is 4.33. The van der Waals surface area contributed by atoms with E-state index >= 15 is 0 Å². The fourth-order valence-electron chi connectivity index (χ4n) is 3.40. The third kappa shape index (κ3) is 2.70. The number of rotatable bonds is 3. The molecule has 1 aromatic rings. The first-order valence-electron chi connectivity index (χ1n) is 7.47. The van der Waals surface area contributed by atoms with Crippen molar-refractivity contribution >= 4 is 35.1 Å². The molecule has 2 fully saturated rings. The number of hydrogen-bond acceptors (Lipinski definition) is 2. The summed E-state index contributed by atoms with van der Waals surface area (Å²) in [5.41, 5.74) is 0.964. The van der Waals surface area contributed by atoms with Crippen molar-refractivity contribution in [3.05, 3.63) is 33.8 Å². The number of carboxylic acids is 1. The van der Waals surface area contributed by atoms with Crippen molar-refractivity contribution in [3.63, 3.8) is 0 Å². The molecule has 0 aromatic heterocycles. The van der Waals surface area contributed by atoms with Gasteiger partial charge in [0.2, 0.25) is 5.91 Å². The van der Waals surface area contributed by atoms with Crippen LogP contribution < -0.4 is 0 Å². The molecule has 0 spiro atoms. The maximum Gasteiger partial charge on any atom is 0.307 e. The summed E-state index contributed by atoms with van der Waals surface area (Å²) in [5, 5.41) is 10.1. The van der Waals surface area contributed by atoms with Crippen molar-refractivity contribution in [1.82, 2.24) is 4.90 Å². The molecule has 1 aromatic carbocycles. The first kappa shape index (κ1) is 15.6. The van der Waals surface area contributed by atoms with E-state index in [9.17, 15) is 9.59 Å². The van der Waals surface area contributed by atoms with E-state index in [-0.39, 0.29) is 17.9 Å². The van der Waals surface area contributed by atoms with Gasteiger partial charge in [0.25, 0.3) is 0 Å². The second kappa shape index (κ2) is 6.09. The number of hydrogen-bond donors (Lipinski definition) is 1. The zero-order valence-electron chi connectivity index (χ0n) is 12.0. The van der Waals surface area contributed by atoms with Crippen LogP contribution in [0.5, 0.6) is 0 Å². The van der Waals surface area contributed by atoms with Gasteiger partial charge in [-0.3, -0.25) is 9.59 Å². The number of benzene rings is 1. The van der Waals surface area contributed by atoms with Crippen LogP contribution in [0.3, 0.4) is 0 Å². The number of carbonyl (C=O) groups excluding carboxylic acids is 1. The SMILES string of the molecule is O=C(O)C1CCC1C(=O)N1CCCC1c1ccc(Cl)c(Cl)c1. The third-order valence-electron chi connectivity index (χ3n) is 4.77. The van der Waals surface area contributed by atoms with E-state index in [1.165, 1.54) is 0 Å². The zero-order chi connectivity index (χ0) is 15.9. The van der Waals surface area contributed by atoms with E-state index in [2.05, 4.69) is 0 Å². The minimum Gasteiger partial charge on any atom is -0.481 e. The second-order valence-electron chi connectivity index (χ2n) is 5.99. The third-order valence-corrected chi connectivity index (χ3v) is 5.51. The number of amides is 1. The molecule has 2 aliphatic rings. The summed E-state index contributed by atoms with van der Waals surface area (Å²) in [6, 6.07) is 5.40. The average Bonchev–Trinajstić information content (AvgIpc) is 2.89. The van der Waals surface area contributed by atoms with Crippen molar-refractivity contribution in [2.24, 2.45) is 11.8 Å². The molecule has 0 radical (unpaired) electrons. The van der Waals surface area contributed by atoms with Crippen molar-refractivity contribution < 1.29 is 14.7 Å². The summed E-state index contributed by atoms with van der Waals surface area (Å²) >= 11 is 12.0. The largest absolute Gasteiger partial charge is 0.481 e. The van der Waals surface area contributed by atoms with Gasteiger partial charge in [-0.1, -0.05) is 29.3 Å². The first-order chi connectivity index (χ1) is 10.5. The normalized spacial score (nSPS) is 27.5. The highest BCUT2D eigenvalue weighted by atomic mass is 35.5. The summed E-state index contributed by atoms with van der Waals surface area (Å²) in [7, 11) is 0. The fourth-order valence-corrected chi connectivity index (χ4v) is 3.71. The minimum absolute atomic E-state index is 0.0303. The highest BCUT2D eigenvalue weighted by Crippen LogP contribution is 2.41. The van der Waals surface area contributed by atoms with Crippen LogP contribution in [-0.4, -0.2) is 28.4 Å². The number of aliphatic carboxylic acids is 1. The van der Waals surface area contributed by atoms with Gasteiger partial charge in [-0.2, -0.15) is 0 Å². The van der Waals surface area contributed by atoms with Gasteiger partial charge in [-0.15, -0.1) is 0 Å². The lowest BCUT2D eigenvalue weighted by molar-refractivity contribution is -0.157. The van der Waals surface area contributed by atoms with Crippen molar-refractivity contribution in [2.45, 2.75) is 31.7 Å². The van der Waals surface area contributed by atoms with Crippen LogP contribution >= 0.6 is 23.2 Å². The lowest BCUT2D eigenvalue weighted by atomic mass is 9.72. The summed E-state index contributed by atoms with van der Waals surface area (Å²) in [6.07, 6.45) is 3.05. The molecule has 1 heterocycles. The van der Waals surface area contributed by atoms with Gasteiger partial charge in [0.1, 0.15) is 0 Å². The van der Waals surface area contributed by atoms with Crippen LogP contribution in [0.15, 0.2) is 18.2 Å². The Morgan fingerprint density at radius 3 is 2.41 bits per heavy atom. The van der Waals surface area contributed by atoms with Crippen molar-refractivity contribution in [1.29, 1.82) is 0 Å². The maximum absolute atomic E-state index is 12.7. The smallest absolute Gasteiger partial charge is 0.307 e. The van der Waals surface area contributed by atoms with Crippen LogP contribution in [0.1, 0.15) is 37.3 Å². The molecule has 6 heteroatoms. The van der Waals surface area contributed by atoms with Gasteiger partial charge in [0.15, 0.2) is 0 Å². The molecule has 1 N–H and O–H groups in total. The molecule has 1 saturated carbocycles. The average molecular weight is 342 g/mol. The Balaban J connectivity index is 1.79. The molecular formula is C16H17Cl2NO3. The molecule has 3 atom stereocenters. The van der Waals surface area contributed by atoms with Crippen LogP contribution in [0.4, 0.5) is 0 Å². The topological polar surface area (TPSA) is 57.6 Å². The summed E-state index contributed by atoms with van der Waals surface area (Å²) < 4.78 is 0. The summed E-state index contributed by atoms with van der Waals surface area (Å²) in [5.74, 6) is -1.80. The van der Waals surface area contributed by atoms with Gasteiger partial charge in [0.05, 0.1) is 27.9 Å². The predicted octanol–water partition coefficient (Wildman–Crippen LogP) is 3.77. The Hall–Kier alpha value is -1.26. The molecule has 4 nitrogen and oxygen atoms in total. The Morgan fingerprint density at radius 2 is 1.82 bits per heavy atom. The van der Waals surface area contributed by atoms with Crippen LogP contribution in [0.25, 0.3) is 0 Å². The Bertz CT molecular complexity index is 619. The van der Waals surface area contributed by atoms with E-state index in [1.807, 2.05) is 11.0 Å². The van der Waals surface area contributed by atoms with Crippen LogP contribution in [0, 0.1) is 11.8 Å². The van der Waals surface area contributed by atoms with Crippen molar-refractivity contribution in [2.75, 3.05) is 6.54 Å². The van der Waals surface area contributed by atoms with Gasteiger partial charge in [-0.25, -0.2) is 0 Å². The van der Waals surface area contributed by atoms with Gasteiger partial charge in [-0.05, 0) is 43.4 Å². The molecule has 1 aliphatic heterocycles. The molecule has 0 bridgehead atoms. The van der Waals surface area contributed by atoms with E-state index in [0.29, 0.717) is 29.4 Å². The standard InChI is InChI=1S/C16H17Cl2NO3/c17-12-6-3-9(8-13(12)18)14-2-1-7-19(14)15(20)10-4-5-11(10)16(21)22/h3,6,8,10-11,14H,1-2,4-5,7H2,(H,21,22). The van der Waals surface area contributed by atoms with Crippen LogP contribution in [0.2, 0.25) is 10.0 Å².